The van der Waals surface area contributed by atoms with Crippen LogP contribution in [0.15, 0.2) is 12.1 Å². The van der Waals surface area contributed by atoms with Gasteiger partial charge in [0.1, 0.15) is 5.82 Å². The first-order valence-electron chi connectivity index (χ1n) is 9.95. The van der Waals surface area contributed by atoms with E-state index in [2.05, 4.69) is 10.3 Å². The number of hydrogen-bond donors (Lipinski definition) is 3. The van der Waals surface area contributed by atoms with Crippen molar-refractivity contribution in [2.45, 2.75) is 38.1 Å². The molecule has 0 unspecified atom stereocenters. The number of carboxylic acid groups (broad SMARTS) is 1. The fourth-order valence-corrected chi connectivity index (χ4v) is 3.40. The Labute approximate surface area is 190 Å². The highest BCUT2D eigenvalue weighted by atomic mass is 19.4. The number of hydrogen-bond acceptors (Lipinski definition) is 5. The third-order valence-electron chi connectivity index (χ3n) is 4.82. The number of halogens is 6. The lowest BCUT2D eigenvalue weighted by Gasteiger charge is -2.30. The van der Waals surface area contributed by atoms with Crippen molar-refractivity contribution in [1.29, 1.82) is 0 Å². The van der Waals surface area contributed by atoms with Crippen molar-refractivity contribution < 1.29 is 41.0 Å². The minimum atomic E-state index is -4.87. The van der Waals surface area contributed by atoms with Crippen LogP contribution in [0.5, 0.6) is 0 Å². The first-order valence-corrected chi connectivity index (χ1v) is 9.95. The Balaban J connectivity index is 0.00000129. The van der Waals surface area contributed by atoms with Gasteiger partial charge in [0, 0.05) is 31.6 Å². The van der Waals surface area contributed by atoms with Crippen LogP contribution >= 0.6 is 0 Å². The molecule has 1 aromatic carbocycles. The van der Waals surface area contributed by atoms with E-state index in [1.165, 1.54) is 0 Å². The van der Waals surface area contributed by atoms with E-state index in [9.17, 15) is 35.9 Å². The lowest BCUT2D eigenvalue weighted by Crippen LogP contribution is -2.42. The van der Waals surface area contributed by atoms with Gasteiger partial charge >= 0.3 is 12.1 Å². The van der Waals surface area contributed by atoms with Crippen molar-refractivity contribution in [3.8, 4) is 0 Å². The number of carbonyl (C=O) groups is 2. The van der Waals surface area contributed by atoms with Crippen molar-refractivity contribution in [3.05, 3.63) is 52.4 Å². The molecule has 0 spiro atoms. The summed E-state index contributed by atoms with van der Waals surface area (Å²) in [6, 6.07) is -0.00786. The van der Waals surface area contributed by atoms with Crippen LogP contribution < -0.4 is 11.1 Å². The van der Waals surface area contributed by atoms with Gasteiger partial charge in [-0.1, -0.05) is 0 Å². The predicted octanol–water partition coefficient (Wildman–Crippen LogP) is 2.16. The molecule has 8 nitrogen and oxygen atoms in total. The van der Waals surface area contributed by atoms with Crippen molar-refractivity contribution in [3.63, 3.8) is 0 Å². The number of alkyl halides is 3. The summed E-state index contributed by atoms with van der Waals surface area (Å²) in [6.07, 6.45) is -5.54. The molecule has 4 N–H and O–H groups in total. The molecule has 3 rings (SSSR count). The van der Waals surface area contributed by atoms with Crippen molar-refractivity contribution in [2.24, 2.45) is 5.73 Å². The van der Waals surface area contributed by atoms with Crippen molar-refractivity contribution in [2.75, 3.05) is 20.6 Å². The highest BCUT2D eigenvalue weighted by Gasteiger charge is 2.41. The molecule has 0 radical (unpaired) electrons. The molecule has 0 fully saturated rings. The molecule has 1 aliphatic rings. The first kappa shape index (κ1) is 27.1. The number of benzene rings is 1. The Hall–Kier alpha value is -3.13. The number of rotatable bonds is 5. The van der Waals surface area contributed by atoms with Gasteiger partial charge in [-0.2, -0.15) is 13.2 Å². The van der Waals surface area contributed by atoms with Crippen molar-refractivity contribution in [1.82, 2.24) is 19.8 Å². The average Bonchev–Trinajstić information content (AvgIpc) is 3.12. The number of nitrogens with zero attached hydrogens (tertiary/aromatic N) is 3. The van der Waals surface area contributed by atoms with E-state index in [1.807, 2.05) is 14.1 Å². The topological polar surface area (TPSA) is 113 Å². The lowest BCUT2D eigenvalue weighted by molar-refractivity contribution is -0.148. The summed E-state index contributed by atoms with van der Waals surface area (Å²) < 4.78 is 80.1. The monoisotopic (exact) mass is 495 g/mol. The van der Waals surface area contributed by atoms with Gasteiger partial charge in [-0.05, 0) is 32.1 Å². The molecule has 188 valence electrons. The average molecular weight is 495 g/mol. The summed E-state index contributed by atoms with van der Waals surface area (Å²) in [7, 11) is 3.75. The highest BCUT2D eigenvalue weighted by molar-refractivity contribution is 5.87. The Kier molecular flexibility index (Phi) is 8.66. The Morgan fingerprint density at radius 2 is 1.74 bits per heavy atom. The smallest absolute Gasteiger partial charge is 0.449 e. The zero-order chi connectivity index (χ0) is 25.8. The van der Waals surface area contributed by atoms with Crippen LogP contribution in [0.4, 0.5) is 26.3 Å². The fourth-order valence-electron chi connectivity index (χ4n) is 3.40. The van der Waals surface area contributed by atoms with Crippen LogP contribution in [0.25, 0.3) is 0 Å². The Morgan fingerprint density at radius 1 is 1.15 bits per heavy atom. The van der Waals surface area contributed by atoms with E-state index in [1.54, 1.807) is 0 Å². The second-order valence-corrected chi connectivity index (χ2v) is 7.53. The van der Waals surface area contributed by atoms with Crippen LogP contribution in [0.1, 0.15) is 34.0 Å². The summed E-state index contributed by atoms with van der Waals surface area (Å²) in [4.78, 5) is 28.1. The van der Waals surface area contributed by atoms with Gasteiger partial charge in [0.05, 0.1) is 12.2 Å². The van der Waals surface area contributed by atoms with E-state index in [4.69, 9.17) is 10.8 Å². The van der Waals surface area contributed by atoms with E-state index in [0.29, 0.717) is 16.7 Å². The zero-order valence-electron chi connectivity index (χ0n) is 18.2. The molecule has 2 heterocycles. The number of imidazole rings is 1. The van der Waals surface area contributed by atoms with E-state index in [-0.39, 0.29) is 37.2 Å². The van der Waals surface area contributed by atoms with Crippen LogP contribution in [0.2, 0.25) is 0 Å². The second kappa shape index (κ2) is 10.9. The molecule has 2 aromatic rings. The minimum absolute atomic E-state index is 0.156. The molecular formula is C20H23F6N5O3. The number of carbonyl (C=O) groups excluding carboxylic acids is 1. The maximum Gasteiger partial charge on any atom is 0.449 e. The van der Waals surface area contributed by atoms with Gasteiger partial charge in [0.15, 0.2) is 17.3 Å². The fraction of sp³-hybridized carbons (Fsp3) is 0.450. The van der Waals surface area contributed by atoms with Gasteiger partial charge in [-0.15, -0.1) is 0 Å². The van der Waals surface area contributed by atoms with E-state index in [0.717, 1.165) is 4.90 Å². The number of nitrogens with two attached hydrogens (primary N) is 1. The maximum atomic E-state index is 13.8. The summed E-state index contributed by atoms with van der Waals surface area (Å²) >= 11 is 0. The van der Waals surface area contributed by atoms with Gasteiger partial charge in [0.25, 0.3) is 0 Å². The molecule has 1 atom stereocenters. The molecule has 1 aliphatic heterocycles. The molecule has 0 bridgehead atoms. The van der Waals surface area contributed by atoms with Gasteiger partial charge < -0.3 is 25.6 Å². The number of carboxylic acids is 1. The normalized spacial score (nSPS) is 14.2. The first-order chi connectivity index (χ1) is 15.8. The summed E-state index contributed by atoms with van der Waals surface area (Å²) in [6.45, 7) is -0.921. The molecule has 0 aliphatic carbocycles. The highest BCUT2D eigenvalue weighted by Crippen LogP contribution is 2.32. The predicted molar refractivity (Wildman–Crippen MR) is 107 cm³/mol. The van der Waals surface area contributed by atoms with Crippen LogP contribution in [-0.2, 0) is 30.5 Å². The third-order valence-corrected chi connectivity index (χ3v) is 4.82. The zero-order valence-corrected chi connectivity index (χ0v) is 18.2. The van der Waals surface area contributed by atoms with Crippen LogP contribution in [0.3, 0.4) is 0 Å². The van der Waals surface area contributed by atoms with Gasteiger partial charge in [-0.3, -0.25) is 4.79 Å². The molecule has 34 heavy (non-hydrogen) atoms. The summed E-state index contributed by atoms with van der Waals surface area (Å²) in [5.74, 6) is -7.33. The maximum absolute atomic E-state index is 13.8. The standard InChI is InChI=1S/C18H16F6N4O3.C2H7N/c19-10-6-12(21)11(20)4-8(10)3-9(25)5-14(29)27-1-2-28-13(7-27)15(16(30)31)26-17(28)18(22,23)24;1-3-2/h4,6,9H,1-3,5,7,25H2,(H,30,31);3H,1-2H3/t9-;/m1./s1. The lowest BCUT2D eigenvalue weighted by atomic mass is 10.0. The summed E-state index contributed by atoms with van der Waals surface area (Å²) in [5.41, 5.74) is 4.49. The number of fused-ring (bicyclic) bond motifs is 1. The molecule has 0 saturated carbocycles. The van der Waals surface area contributed by atoms with Crippen LogP contribution in [-0.4, -0.2) is 58.1 Å². The Morgan fingerprint density at radius 3 is 2.29 bits per heavy atom. The number of aromatic nitrogens is 2. The SMILES string of the molecule is CNC.N[C@@H](CC(=O)N1CCn2c(C(F)(F)F)nc(C(=O)O)c2C1)Cc1cc(F)c(F)cc1F. The largest absolute Gasteiger partial charge is 0.476 e. The van der Waals surface area contributed by atoms with Gasteiger partial charge in [0.2, 0.25) is 11.7 Å². The summed E-state index contributed by atoms with van der Waals surface area (Å²) in [5, 5.41) is 11.9. The molecular weight excluding hydrogens is 472 g/mol. The molecule has 1 amide bonds. The Bertz CT molecular complexity index is 1060. The second-order valence-electron chi connectivity index (χ2n) is 7.53. The van der Waals surface area contributed by atoms with Crippen molar-refractivity contribution >= 4 is 11.9 Å². The molecule has 0 saturated heterocycles. The van der Waals surface area contributed by atoms with E-state index < -0.39 is 59.6 Å². The molecule has 14 heteroatoms. The number of nitrogens with one attached hydrogen (secondary N) is 1. The number of amides is 1. The minimum Gasteiger partial charge on any atom is -0.476 e. The van der Waals surface area contributed by atoms with Crippen LogP contribution in [0, 0.1) is 17.5 Å². The molecule has 1 aromatic heterocycles. The third kappa shape index (κ3) is 6.26. The van der Waals surface area contributed by atoms with E-state index >= 15 is 0 Å². The quantitative estimate of drug-likeness (QED) is 0.433. The number of aromatic carboxylic acids is 1. The van der Waals surface area contributed by atoms with Gasteiger partial charge in [-0.25, -0.2) is 22.9 Å².